The number of carbonyl (C=O) groups excluding carboxylic acids is 1. The number of nitrogens with one attached hydrogen (secondary N) is 2. The molecule has 1 amide bonds. The number of aryl methyl sites for hydroxylation is 1. The summed E-state index contributed by atoms with van der Waals surface area (Å²) in [5.74, 6) is -1.07. The predicted octanol–water partition coefficient (Wildman–Crippen LogP) is 2.80. The van der Waals surface area contributed by atoms with Gasteiger partial charge < -0.3 is 9.87 Å². The first kappa shape index (κ1) is 27.8. The molecule has 1 heterocycles. The van der Waals surface area contributed by atoms with Gasteiger partial charge >= 0.3 is 5.56 Å². The van der Waals surface area contributed by atoms with Crippen LogP contribution in [0, 0.1) is 12.7 Å². The summed E-state index contributed by atoms with van der Waals surface area (Å²) >= 11 is 4.22. The number of rotatable bonds is 9. The summed E-state index contributed by atoms with van der Waals surface area (Å²) in [6, 6.07) is 9.31. The summed E-state index contributed by atoms with van der Waals surface area (Å²) in [7, 11) is -3.97. The molecule has 3 aromatic rings. The maximum Gasteiger partial charge on any atom is 0.324 e. The van der Waals surface area contributed by atoms with Gasteiger partial charge in [0, 0.05) is 12.2 Å². The molecule has 0 aliphatic rings. The van der Waals surface area contributed by atoms with Crippen molar-refractivity contribution in [3.05, 3.63) is 81.0 Å². The number of carbonyl (C=O) groups is 1. The van der Waals surface area contributed by atoms with Crippen molar-refractivity contribution in [2.75, 3.05) is 18.1 Å². The largest absolute Gasteiger partial charge is 0.611 e. The van der Waals surface area contributed by atoms with E-state index < -0.39 is 44.5 Å². The van der Waals surface area contributed by atoms with Crippen molar-refractivity contribution >= 4 is 44.4 Å². The lowest BCUT2D eigenvalue weighted by molar-refractivity contribution is -0.119. The van der Waals surface area contributed by atoms with E-state index in [1.165, 1.54) is 37.4 Å². The molecule has 0 saturated carbocycles. The molecule has 9 nitrogen and oxygen atoms in total. The minimum Gasteiger partial charge on any atom is -0.611 e. The standard InChI is InChI=1S/C23H24ClFN4O5S2/c1-14-8-9-17(12-20(14)36(33,34)27-11-10-16-6-4-5-7-19(16)25)28-22(30)15(2)29-23(31)21(35(3)32)18(24)13-26-29/h4-9,12-13,15,27H,10-11H2,1-3H3,(H,28,30). The topological polar surface area (TPSA) is 133 Å². The Morgan fingerprint density at radius 2 is 1.97 bits per heavy atom. The molecular weight excluding hydrogens is 531 g/mol. The Bertz CT molecular complexity index is 1450. The van der Waals surface area contributed by atoms with E-state index in [0.717, 1.165) is 10.9 Å². The van der Waals surface area contributed by atoms with Gasteiger partial charge in [-0.3, -0.25) is 9.59 Å². The van der Waals surface area contributed by atoms with Crippen LogP contribution in [0.3, 0.4) is 0 Å². The molecule has 0 saturated heterocycles. The maximum atomic E-state index is 13.8. The zero-order valence-corrected chi connectivity index (χ0v) is 22.0. The Kier molecular flexibility index (Phi) is 8.90. The number of nitrogens with zero attached hydrogens (tertiary/aromatic N) is 2. The van der Waals surface area contributed by atoms with Crippen LogP contribution in [0.5, 0.6) is 0 Å². The Morgan fingerprint density at radius 1 is 1.28 bits per heavy atom. The zero-order valence-electron chi connectivity index (χ0n) is 19.6. The number of anilines is 1. The van der Waals surface area contributed by atoms with Crippen molar-refractivity contribution in [3.63, 3.8) is 0 Å². The fourth-order valence-corrected chi connectivity index (χ4v) is 5.81. The lowest BCUT2D eigenvalue weighted by Gasteiger charge is -2.16. The molecule has 0 aliphatic heterocycles. The van der Waals surface area contributed by atoms with Crippen LogP contribution >= 0.6 is 11.6 Å². The first-order chi connectivity index (χ1) is 16.9. The number of aromatic nitrogens is 2. The van der Waals surface area contributed by atoms with Crippen molar-refractivity contribution in [2.45, 2.75) is 36.1 Å². The minimum absolute atomic E-state index is 0.0252. The zero-order chi connectivity index (χ0) is 26.6. The van der Waals surface area contributed by atoms with Gasteiger partial charge in [-0.25, -0.2) is 22.2 Å². The Hall–Kier alpha value is -2.77. The van der Waals surface area contributed by atoms with Gasteiger partial charge in [-0.15, -0.1) is 0 Å². The highest BCUT2D eigenvalue weighted by Gasteiger charge is 2.25. The normalized spacial score (nSPS) is 13.3. The molecule has 0 radical (unpaired) electrons. The van der Waals surface area contributed by atoms with E-state index in [1.54, 1.807) is 25.1 Å². The molecule has 0 aliphatic carbocycles. The molecule has 1 aromatic heterocycles. The summed E-state index contributed by atoms with van der Waals surface area (Å²) in [5.41, 5.74) is 0.226. The van der Waals surface area contributed by atoms with Crippen molar-refractivity contribution in [2.24, 2.45) is 0 Å². The fourth-order valence-electron chi connectivity index (χ4n) is 3.39. The molecule has 13 heteroatoms. The Balaban J connectivity index is 1.77. The molecule has 192 valence electrons. The SMILES string of the molecule is Cc1ccc(NC(=O)C(C)n2ncc(Cl)c([S+](C)[O-])c2=O)cc1S(=O)(=O)NCCc1ccccc1F. The third-order valence-corrected chi connectivity index (χ3v) is 8.31. The third-order valence-electron chi connectivity index (χ3n) is 5.34. The van der Waals surface area contributed by atoms with Gasteiger partial charge in [0.15, 0.2) is 0 Å². The summed E-state index contributed by atoms with van der Waals surface area (Å²) in [6.07, 6.45) is 2.58. The number of hydrogen-bond acceptors (Lipinski definition) is 6. The van der Waals surface area contributed by atoms with Crippen LogP contribution in [-0.2, 0) is 32.4 Å². The Morgan fingerprint density at radius 3 is 2.64 bits per heavy atom. The van der Waals surface area contributed by atoms with E-state index in [1.807, 2.05) is 0 Å². The maximum absolute atomic E-state index is 13.8. The predicted molar refractivity (Wildman–Crippen MR) is 136 cm³/mol. The molecule has 0 spiro atoms. The van der Waals surface area contributed by atoms with Gasteiger partial charge in [-0.05, 0) is 60.8 Å². The summed E-state index contributed by atoms with van der Waals surface area (Å²) in [5, 5.41) is 6.37. The number of benzene rings is 2. The van der Waals surface area contributed by atoms with Crippen LogP contribution in [0.4, 0.5) is 10.1 Å². The van der Waals surface area contributed by atoms with Crippen LogP contribution in [0.1, 0.15) is 24.1 Å². The van der Waals surface area contributed by atoms with Crippen molar-refractivity contribution in [1.29, 1.82) is 0 Å². The monoisotopic (exact) mass is 554 g/mol. The molecular formula is C23H24ClFN4O5S2. The molecule has 3 rings (SSSR count). The van der Waals surface area contributed by atoms with Gasteiger partial charge in [0.25, 0.3) is 0 Å². The van der Waals surface area contributed by atoms with Gasteiger partial charge in [-0.2, -0.15) is 5.10 Å². The number of halogens is 2. The lowest BCUT2D eigenvalue weighted by Crippen LogP contribution is -2.35. The highest BCUT2D eigenvalue weighted by atomic mass is 35.5. The van der Waals surface area contributed by atoms with E-state index in [0.29, 0.717) is 11.1 Å². The van der Waals surface area contributed by atoms with Crippen molar-refractivity contribution < 1.29 is 22.2 Å². The smallest absolute Gasteiger partial charge is 0.324 e. The lowest BCUT2D eigenvalue weighted by atomic mass is 10.1. The van der Waals surface area contributed by atoms with Crippen molar-refractivity contribution in [1.82, 2.24) is 14.5 Å². The van der Waals surface area contributed by atoms with Gasteiger partial charge in [0.1, 0.15) is 23.1 Å². The highest BCUT2D eigenvalue weighted by Crippen LogP contribution is 2.22. The molecule has 2 N–H and O–H groups in total. The van der Waals surface area contributed by atoms with Crippen LogP contribution in [-0.4, -0.2) is 41.5 Å². The van der Waals surface area contributed by atoms with E-state index in [-0.39, 0.29) is 33.5 Å². The quantitative estimate of drug-likeness (QED) is 0.391. The minimum atomic E-state index is -3.97. The van der Waals surface area contributed by atoms with Crippen molar-refractivity contribution in [3.8, 4) is 0 Å². The Labute approximate surface area is 215 Å². The van der Waals surface area contributed by atoms with Crippen LogP contribution < -0.4 is 15.6 Å². The van der Waals surface area contributed by atoms with Crippen LogP contribution in [0.25, 0.3) is 0 Å². The third kappa shape index (κ3) is 6.31. The molecule has 0 bridgehead atoms. The summed E-state index contributed by atoms with van der Waals surface area (Å²) < 4.78 is 54.7. The molecule has 2 aromatic carbocycles. The average Bonchev–Trinajstić information content (AvgIpc) is 2.81. The van der Waals surface area contributed by atoms with Gasteiger partial charge in [0.2, 0.25) is 20.8 Å². The molecule has 0 fully saturated rings. The highest BCUT2D eigenvalue weighted by molar-refractivity contribution is 7.90. The van der Waals surface area contributed by atoms with Crippen LogP contribution in [0.15, 0.2) is 63.2 Å². The van der Waals surface area contributed by atoms with E-state index in [9.17, 15) is 27.0 Å². The van der Waals surface area contributed by atoms with E-state index in [4.69, 9.17) is 11.6 Å². The first-order valence-corrected chi connectivity index (χ1v) is 14.1. The van der Waals surface area contributed by atoms with Crippen LogP contribution in [0.2, 0.25) is 5.02 Å². The average molecular weight is 555 g/mol. The molecule has 36 heavy (non-hydrogen) atoms. The van der Waals surface area contributed by atoms with Gasteiger partial charge in [0.05, 0.1) is 11.1 Å². The second kappa shape index (κ2) is 11.5. The fraction of sp³-hybridized carbons (Fsp3) is 0.261. The molecule has 2 unspecified atom stereocenters. The second-order valence-corrected chi connectivity index (χ2v) is 11.4. The first-order valence-electron chi connectivity index (χ1n) is 10.7. The summed E-state index contributed by atoms with van der Waals surface area (Å²) in [6.45, 7) is 2.99. The number of amides is 1. The molecule has 2 atom stereocenters. The number of sulfonamides is 1. The second-order valence-electron chi connectivity index (χ2n) is 7.91. The van der Waals surface area contributed by atoms with Gasteiger partial charge in [-0.1, -0.05) is 35.9 Å². The van der Waals surface area contributed by atoms with E-state index >= 15 is 0 Å². The summed E-state index contributed by atoms with van der Waals surface area (Å²) in [4.78, 5) is 25.2. The van der Waals surface area contributed by atoms with E-state index in [2.05, 4.69) is 15.1 Å². The number of hydrogen-bond donors (Lipinski definition) is 2.